The van der Waals surface area contributed by atoms with E-state index in [4.69, 9.17) is 9.47 Å². The highest BCUT2D eigenvalue weighted by Crippen LogP contribution is 2.19. The maximum absolute atomic E-state index is 5.87. The summed E-state index contributed by atoms with van der Waals surface area (Å²) in [7, 11) is 1.65. The van der Waals surface area contributed by atoms with E-state index < -0.39 is 0 Å². The molecule has 5 nitrogen and oxygen atoms in total. The lowest BCUT2D eigenvalue weighted by Crippen LogP contribution is -2.42. The molecule has 0 saturated carbocycles. The van der Waals surface area contributed by atoms with Crippen LogP contribution in [0.4, 0.5) is 0 Å². The second-order valence-corrected chi connectivity index (χ2v) is 5.28. The lowest BCUT2D eigenvalue weighted by Gasteiger charge is -2.18. The molecular weight excluding hydrogens is 405 g/mol. The molecule has 0 heterocycles. The van der Waals surface area contributed by atoms with Crippen LogP contribution in [0.3, 0.4) is 0 Å². The highest BCUT2D eigenvalue weighted by atomic mass is 127. The Labute approximate surface area is 157 Å². The Morgan fingerprint density at radius 1 is 1.22 bits per heavy atom. The zero-order chi connectivity index (χ0) is 16.4. The van der Waals surface area contributed by atoms with E-state index in [0.717, 1.165) is 30.4 Å². The van der Waals surface area contributed by atoms with E-state index in [-0.39, 0.29) is 30.1 Å². The fourth-order valence-electron chi connectivity index (χ4n) is 1.82. The molecule has 1 aromatic carbocycles. The van der Waals surface area contributed by atoms with Crippen molar-refractivity contribution in [3.63, 3.8) is 0 Å². The Bertz CT molecular complexity index is 469. The van der Waals surface area contributed by atoms with Crippen LogP contribution >= 0.6 is 24.0 Å². The minimum atomic E-state index is -0.0144. The van der Waals surface area contributed by atoms with Crippen molar-refractivity contribution in [3.05, 3.63) is 24.3 Å². The van der Waals surface area contributed by atoms with E-state index in [1.54, 1.807) is 7.11 Å². The molecule has 0 bridgehead atoms. The molecular formula is C17H30IN3O2. The van der Waals surface area contributed by atoms with Crippen LogP contribution in [0.15, 0.2) is 29.3 Å². The topological polar surface area (TPSA) is 54.9 Å². The van der Waals surface area contributed by atoms with Gasteiger partial charge >= 0.3 is 0 Å². The SMILES string of the molecule is CCNC(=NCC(C)Oc1cccc(OC)c1)NC(C)CC.I. The number of nitrogens with zero attached hydrogens (tertiary/aromatic N) is 1. The Morgan fingerprint density at radius 2 is 1.91 bits per heavy atom. The zero-order valence-electron chi connectivity index (χ0n) is 14.8. The number of nitrogens with one attached hydrogen (secondary N) is 2. The van der Waals surface area contributed by atoms with Gasteiger partial charge in [0.05, 0.1) is 13.7 Å². The molecule has 0 spiro atoms. The van der Waals surface area contributed by atoms with Gasteiger partial charge in [0.1, 0.15) is 17.6 Å². The number of hydrogen-bond acceptors (Lipinski definition) is 3. The van der Waals surface area contributed by atoms with Crippen molar-refractivity contribution < 1.29 is 9.47 Å². The summed E-state index contributed by atoms with van der Waals surface area (Å²) in [6, 6.07) is 8.01. The first kappa shape index (κ1) is 21.8. The molecule has 23 heavy (non-hydrogen) atoms. The van der Waals surface area contributed by atoms with Crippen molar-refractivity contribution in [3.8, 4) is 11.5 Å². The Balaban J connectivity index is 0.00000484. The van der Waals surface area contributed by atoms with Crippen LogP contribution in [-0.4, -0.2) is 38.3 Å². The van der Waals surface area contributed by atoms with Crippen molar-refractivity contribution in [1.82, 2.24) is 10.6 Å². The number of guanidine groups is 1. The van der Waals surface area contributed by atoms with Crippen LogP contribution in [0.1, 0.15) is 34.1 Å². The number of benzene rings is 1. The predicted octanol–water partition coefficient (Wildman–Crippen LogP) is 3.43. The molecule has 6 heteroatoms. The highest BCUT2D eigenvalue weighted by Gasteiger charge is 2.07. The second-order valence-electron chi connectivity index (χ2n) is 5.28. The van der Waals surface area contributed by atoms with Gasteiger partial charge in [-0.1, -0.05) is 13.0 Å². The second kappa shape index (κ2) is 12.3. The smallest absolute Gasteiger partial charge is 0.191 e. The standard InChI is InChI=1S/C17H29N3O2.HI/c1-6-13(3)20-17(18-7-2)19-12-14(4)22-16-10-8-9-15(11-16)21-5;/h8-11,13-14H,6-7,12H2,1-5H3,(H2,18,19,20);1H. The van der Waals surface area contributed by atoms with Gasteiger partial charge in [0.2, 0.25) is 0 Å². The molecule has 0 radical (unpaired) electrons. The normalized spacial score (nSPS) is 13.5. The molecule has 1 aromatic rings. The van der Waals surface area contributed by atoms with Gasteiger partial charge in [0.25, 0.3) is 0 Å². The molecule has 0 aliphatic carbocycles. The van der Waals surface area contributed by atoms with Gasteiger partial charge in [-0.2, -0.15) is 0 Å². The Kier molecular flexibility index (Phi) is 11.6. The highest BCUT2D eigenvalue weighted by molar-refractivity contribution is 14.0. The van der Waals surface area contributed by atoms with Gasteiger partial charge in [-0.3, -0.25) is 0 Å². The maximum atomic E-state index is 5.87. The van der Waals surface area contributed by atoms with E-state index >= 15 is 0 Å². The summed E-state index contributed by atoms with van der Waals surface area (Å²) in [5.74, 6) is 2.42. The first-order chi connectivity index (χ1) is 10.6. The van der Waals surface area contributed by atoms with Crippen molar-refractivity contribution in [2.24, 2.45) is 4.99 Å². The summed E-state index contributed by atoms with van der Waals surface area (Å²) in [5, 5.41) is 6.62. The lowest BCUT2D eigenvalue weighted by atomic mass is 10.3. The quantitative estimate of drug-likeness (QED) is 0.373. The van der Waals surface area contributed by atoms with Crippen LogP contribution < -0.4 is 20.1 Å². The number of halogens is 1. The van der Waals surface area contributed by atoms with Crippen LogP contribution in [0.25, 0.3) is 0 Å². The summed E-state index contributed by atoms with van der Waals surface area (Å²) in [5.41, 5.74) is 0. The molecule has 132 valence electrons. The third kappa shape index (κ3) is 8.88. The lowest BCUT2D eigenvalue weighted by molar-refractivity contribution is 0.229. The average molecular weight is 435 g/mol. The molecule has 1 rings (SSSR count). The third-order valence-electron chi connectivity index (χ3n) is 3.22. The Hall–Kier alpha value is -1.18. The molecule has 0 aliphatic rings. The van der Waals surface area contributed by atoms with Crippen molar-refractivity contribution in [2.75, 3.05) is 20.2 Å². The number of rotatable bonds is 8. The van der Waals surface area contributed by atoms with Crippen molar-refractivity contribution >= 4 is 29.9 Å². The van der Waals surface area contributed by atoms with Crippen LogP contribution in [-0.2, 0) is 0 Å². The number of hydrogen-bond donors (Lipinski definition) is 2. The van der Waals surface area contributed by atoms with Crippen LogP contribution in [0, 0.1) is 0 Å². The zero-order valence-corrected chi connectivity index (χ0v) is 17.1. The number of methoxy groups -OCH3 is 1. The fraction of sp³-hybridized carbons (Fsp3) is 0.588. The van der Waals surface area contributed by atoms with E-state index in [0.29, 0.717) is 12.6 Å². The van der Waals surface area contributed by atoms with E-state index in [2.05, 4.69) is 36.4 Å². The van der Waals surface area contributed by atoms with Gasteiger partial charge in [-0.05, 0) is 39.3 Å². The largest absolute Gasteiger partial charge is 0.497 e. The third-order valence-corrected chi connectivity index (χ3v) is 3.22. The summed E-state index contributed by atoms with van der Waals surface area (Å²) in [6.45, 7) is 9.79. The van der Waals surface area contributed by atoms with Crippen molar-refractivity contribution in [2.45, 2.75) is 46.3 Å². The van der Waals surface area contributed by atoms with Crippen LogP contribution in [0.2, 0.25) is 0 Å². The minimum Gasteiger partial charge on any atom is -0.497 e. The summed E-state index contributed by atoms with van der Waals surface area (Å²) < 4.78 is 11.1. The molecule has 2 unspecified atom stereocenters. The van der Waals surface area contributed by atoms with Gasteiger partial charge < -0.3 is 20.1 Å². The minimum absolute atomic E-state index is 0. The van der Waals surface area contributed by atoms with Gasteiger partial charge in [-0.15, -0.1) is 24.0 Å². The molecule has 2 N–H and O–H groups in total. The van der Waals surface area contributed by atoms with Crippen LogP contribution in [0.5, 0.6) is 11.5 Å². The number of ether oxygens (including phenoxy) is 2. The maximum Gasteiger partial charge on any atom is 0.191 e. The van der Waals surface area contributed by atoms with E-state index in [9.17, 15) is 0 Å². The van der Waals surface area contributed by atoms with Gasteiger partial charge in [0, 0.05) is 18.7 Å². The van der Waals surface area contributed by atoms with Gasteiger partial charge in [-0.25, -0.2) is 4.99 Å². The molecule has 0 saturated heterocycles. The monoisotopic (exact) mass is 435 g/mol. The van der Waals surface area contributed by atoms with E-state index in [1.165, 1.54) is 0 Å². The predicted molar refractivity (Wildman–Crippen MR) is 107 cm³/mol. The molecule has 0 aliphatic heterocycles. The first-order valence-electron chi connectivity index (χ1n) is 7.94. The fourth-order valence-corrected chi connectivity index (χ4v) is 1.82. The average Bonchev–Trinajstić information content (AvgIpc) is 2.52. The first-order valence-corrected chi connectivity index (χ1v) is 7.94. The molecule has 2 atom stereocenters. The van der Waals surface area contributed by atoms with E-state index in [1.807, 2.05) is 31.2 Å². The Morgan fingerprint density at radius 3 is 2.52 bits per heavy atom. The summed E-state index contributed by atoms with van der Waals surface area (Å²) in [6.07, 6.45) is 1.04. The molecule has 0 aromatic heterocycles. The van der Waals surface area contributed by atoms with Gasteiger partial charge in [0.15, 0.2) is 5.96 Å². The number of aliphatic imine (C=N–C) groups is 1. The summed E-state index contributed by atoms with van der Waals surface area (Å²) in [4.78, 5) is 4.58. The summed E-state index contributed by atoms with van der Waals surface area (Å²) >= 11 is 0. The molecule has 0 fully saturated rings. The van der Waals surface area contributed by atoms with Crippen molar-refractivity contribution in [1.29, 1.82) is 0 Å². The molecule has 0 amide bonds.